The predicted molar refractivity (Wildman–Crippen MR) is 136 cm³/mol. The third-order valence-corrected chi connectivity index (χ3v) is 6.33. The zero-order valence-corrected chi connectivity index (χ0v) is 21.3. The van der Waals surface area contributed by atoms with Crippen molar-refractivity contribution in [2.24, 2.45) is 11.3 Å². The Balaban J connectivity index is 1.76. The lowest BCUT2D eigenvalue weighted by Gasteiger charge is -2.28. The molecule has 0 spiro atoms. The molecule has 3 rings (SSSR count). The highest BCUT2D eigenvalue weighted by atomic mass is 35.5. The molecule has 3 unspecified atom stereocenters. The van der Waals surface area contributed by atoms with Crippen molar-refractivity contribution < 1.29 is 19.1 Å². The molecule has 2 heterocycles. The topological polar surface area (TPSA) is 112 Å². The Morgan fingerprint density at radius 2 is 2.06 bits per heavy atom. The van der Waals surface area contributed by atoms with Crippen LogP contribution < -0.4 is 20.7 Å². The van der Waals surface area contributed by atoms with Crippen LogP contribution in [0, 0.1) is 23.7 Å². The summed E-state index contributed by atoms with van der Waals surface area (Å²) in [6.45, 7) is 6.62. The number of nitrogens with one attached hydrogen (secondary N) is 4. The van der Waals surface area contributed by atoms with E-state index in [4.69, 9.17) is 22.8 Å². The van der Waals surface area contributed by atoms with E-state index in [1.54, 1.807) is 18.2 Å². The molecule has 1 aliphatic heterocycles. The van der Waals surface area contributed by atoms with E-state index < -0.39 is 18.0 Å². The lowest BCUT2D eigenvalue weighted by molar-refractivity contribution is -0.128. The zero-order valence-electron chi connectivity index (χ0n) is 20.6. The van der Waals surface area contributed by atoms with E-state index in [0.717, 1.165) is 12.8 Å². The van der Waals surface area contributed by atoms with Crippen molar-refractivity contribution in [3.05, 3.63) is 28.9 Å². The highest BCUT2D eigenvalue weighted by molar-refractivity contribution is 6.33. The van der Waals surface area contributed by atoms with Gasteiger partial charge in [0.05, 0.1) is 18.2 Å². The Morgan fingerprint density at radius 3 is 2.69 bits per heavy atom. The summed E-state index contributed by atoms with van der Waals surface area (Å²) in [4.78, 5) is 41.5. The number of terminal acetylenes is 1. The van der Waals surface area contributed by atoms with Gasteiger partial charge in [-0.1, -0.05) is 38.3 Å². The molecule has 8 nitrogen and oxygen atoms in total. The van der Waals surface area contributed by atoms with Crippen molar-refractivity contribution in [3.63, 3.8) is 0 Å². The molecule has 35 heavy (non-hydrogen) atoms. The average molecular weight is 501 g/mol. The lowest BCUT2D eigenvalue weighted by Crippen LogP contribution is -2.51. The number of carbonyl (C=O) groups excluding carboxylic acids is 3. The second kappa shape index (κ2) is 11.0. The number of piperidine rings is 1. The molecule has 1 saturated heterocycles. The number of amides is 3. The zero-order chi connectivity index (χ0) is 25.8. The summed E-state index contributed by atoms with van der Waals surface area (Å²) < 4.78 is 5.37. The van der Waals surface area contributed by atoms with Crippen molar-refractivity contribution in [2.75, 3.05) is 13.7 Å². The van der Waals surface area contributed by atoms with E-state index >= 15 is 0 Å². The van der Waals surface area contributed by atoms with Gasteiger partial charge in [-0.2, -0.15) is 0 Å². The fourth-order valence-corrected chi connectivity index (χ4v) is 4.57. The second-order valence-electron chi connectivity index (χ2n) is 10.1. The van der Waals surface area contributed by atoms with Crippen LogP contribution >= 0.6 is 11.6 Å². The van der Waals surface area contributed by atoms with Gasteiger partial charge < -0.3 is 25.7 Å². The Labute approximate surface area is 210 Å². The molecule has 1 aromatic carbocycles. The summed E-state index contributed by atoms with van der Waals surface area (Å²) in [5, 5.41) is 9.63. The monoisotopic (exact) mass is 500 g/mol. The third kappa shape index (κ3) is 6.70. The van der Waals surface area contributed by atoms with E-state index in [1.165, 1.54) is 7.11 Å². The van der Waals surface area contributed by atoms with Crippen LogP contribution in [0.3, 0.4) is 0 Å². The first kappa shape index (κ1) is 26.4. The molecule has 1 fully saturated rings. The van der Waals surface area contributed by atoms with Gasteiger partial charge in [0, 0.05) is 23.4 Å². The molecule has 9 heteroatoms. The normalized spacial score (nSPS) is 17.7. The number of hydrogen-bond acceptors (Lipinski definition) is 4. The Kier molecular flexibility index (Phi) is 8.34. The van der Waals surface area contributed by atoms with Crippen LogP contribution in [0.5, 0.6) is 5.75 Å². The first-order chi connectivity index (χ1) is 16.5. The molecule has 4 N–H and O–H groups in total. The van der Waals surface area contributed by atoms with Crippen LogP contribution in [0.2, 0.25) is 5.02 Å². The first-order valence-corrected chi connectivity index (χ1v) is 12.1. The molecule has 3 atom stereocenters. The van der Waals surface area contributed by atoms with Crippen LogP contribution in [0.15, 0.2) is 18.2 Å². The molecule has 1 aliphatic rings. The van der Waals surface area contributed by atoms with Crippen LogP contribution in [0.1, 0.15) is 56.9 Å². The number of H-pyrrole nitrogens is 1. The summed E-state index contributed by atoms with van der Waals surface area (Å²) in [7, 11) is 1.51. The number of halogens is 1. The predicted octanol–water partition coefficient (Wildman–Crippen LogP) is 3.40. The maximum atomic E-state index is 13.2. The van der Waals surface area contributed by atoms with Crippen LogP contribution in [-0.4, -0.2) is 48.4 Å². The largest absolute Gasteiger partial charge is 0.494 e. The highest BCUT2D eigenvalue weighted by Gasteiger charge is 2.31. The first-order valence-electron chi connectivity index (χ1n) is 11.7. The standard InChI is InChI=1S/C26H33ClN4O4/c1-6-16(12-15-8-7-11-28-23(15)32)29-25(34)21(14-26(2,3)4)31-24(33)20-13-17-19(30-20)10-9-18(27)22(17)35-5/h1,9-10,13,15-16,21,30H,7-8,11-12,14H2,2-5H3,(H,28,32)(H,29,34)(H,31,33). The minimum atomic E-state index is -0.824. The number of aromatic nitrogens is 1. The van der Waals surface area contributed by atoms with Gasteiger partial charge in [0.2, 0.25) is 11.8 Å². The molecule has 0 aliphatic carbocycles. The number of hydrogen-bond donors (Lipinski definition) is 4. The number of carbonyl (C=O) groups is 3. The maximum Gasteiger partial charge on any atom is 0.268 e. The summed E-state index contributed by atoms with van der Waals surface area (Å²) in [6, 6.07) is 3.65. The molecule has 2 aromatic rings. The number of ether oxygens (including phenoxy) is 1. The van der Waals surface area contributed by atoms with Gasteiger partial charge in [0.1, 0.15) is 17.5 Å². The molecule has 0 saturated carbocycles. The smallest absolute Gasteiger partial charge is 0.268 e. The summed E-state index contributed by atoms with van der Waals surface area (Å²) in [5.74, 6) is 1.94. The Bertz CT molecular complexity index is 1140. The van der Waals surface area contributed by atoms with Gasteiger partial charge >= 0.3 is 0 Å². The summed E-state index contributed by atoms with van der Waals surface area (Å²) in [6.07, 6.45) is 8.03. The molecule has 0 radical (unpaired) electrons. The minimum absolute atomic E-state index is 0.0420. The van der Waals surface area contributed by atoms with E-state index in [0.29, 0.717) is 41.1 Å². The molecule has 3 amide bonds. The highest BCUT2D eigenvalue weighted by Crippen LogP contribution is 2.33. The maximum absolute atomic E-state index is 13.2. The number of rotatable bonds is 8. The third-order valence-electron chi connectivity index (χ3n) is 6.03. The van der Waals surface area contributed by atoms with E-state index in [-0.39, 0.29) is 28.8 Å². The van der Waals surface area contributed by atoms with Crippen LogP contribution in [0.4, 0.5) is 0 Å². The van der Waals surface area contributed by atoms with E-state index in [2.05, 4.69) is 26.9 Å². The van der Waals surface area contributed by atoms with E-state index in [9.17, 15) is 14.4 Å². The van der Waals surface area contributed by atoms with Gasteiger partial charge in [0.25, 0.3) is 5.91 Å². The van der Waals surface area contributed by atoms with Crippen LogP contribution in [0.25, 0.3) is 10.9 Å². The van der Waals surface area contributed by atoms with Crippen molar-refractivity contribution in [3.8, 4) is 18.1 Å². The Morgan fingerprint density at radius 1 is 1.31 bits per heavy atom. The number of benzene rings is 1. The molecular weight excluding hydrogens is 468 g/mol. The minimum Gasteiger partial charge on any atom is -0.494 e. The summed E-state index contributed by atoms with van der Waals surface area (Å²) >= 11 is 6.20. The Hall–Kier alpha value is -3.18. The van der Waals surface area contributed by atoms with Gasteiger partial charge in [-0.15, -0.1) is 6.42 Å². The molecular formula is C26H33ClN4O4. The summed E-state index contributed by atoms with van der Waals surface area (Å²) in [5.41, 5.74) is 0.715. The van der Waals surface area contributed by atoms with Crippen LogP contribution in [-0.2, 0) is 9.59 Å². The SMILES string of the molecule is C#CC(CC1CCCNC1=O)NC(=O)C(CC(C)(C)C)NC(=O)c1cc2c(OC)c(Cl)ccc2[nH]1. The fourth-order valence-electron chi connectivity index (χ4n) is 4.32. The molecule has 0 bridgehead atoms. The van der Waals surface area contributed by atoms with E-state index in [1.807, 2.05) is 20.8 Å². The molecule has 1 aromatic heterocycles. The quantitative estimate of drug-likeness (QED) is 0.416. The molecule has 188 valence electrons. The second-order valence-corrected chi connectivity index (χ2v) is 10.5. The van der Waals surface area contributed by atoms with Gasteiger partial charge in [-0.25, -0.2) is 0 Å². The number of fused-ring (bicyclic) bond motifs is 1. The van der Waals surface area contributed by atoms with Gasteiger partial charge in [0.15, 0.2) is 0 Å². The van der Waals surface area contributed by atoms with Crippen molar-refractivity contribution in [1.29, 1.82) is 0 Å². The van der Waals surface area contributed by atoms with Crippen molar-refractivity contribution in [2.45, 2.75) is 58.5 Å². The average Bonchev–Trinajstić information content (AvgIpc) is 3.23. The van der Waals surface area contributed by atoms with Gasteiger partial charge in [-0.05, 0) is 49.3 Å². The van der Waals surface area contributed by atoms with Gasteiger partial charge in [-0.3, -0.25) is 14.4 Å². The van der Waals surface area contributed by atoms with Crippen molar-refractivity contribution in [1.82, 2.24) is 20.9 Å². The fraction of sp³-hybridized carbons (Fsp3) is 0.500. The number of methoxy groups -OCH3 is 1. The lowest BCUT2D eigenvalue weighted by atomic mass is 9.87. The van der Waals surface area contributed by atoms with Crippen molar-refractivity contribution >= 4 is 40.2 Å². The number of aromatic amines is 1.